The zero-order chi connectivity index (χ0) is 17.0. The Morgan fingerprint density at radius 1 is 1.46 bits per heavy atom. The normalized spacial score (nSPS) is 23.1. The lowest BCUT2D eigenvalue weighted by Crippen LogP contribution is -2.46. The molecule has 2 saturated heterocycles. The van der Waals surface area contributed by atoms with Gasteiger partial charge < -0.3 is 9.64 Å². The molecule has 5 heteroatoms. The average Bonchev–Trinajstić information content (AvgIpc) is 3.00. The van der Waals surface area contributed by atoms with E-state index in [1.54, 1.807) is 0 Å². The molecule has 0 saturated carbocycles. The van der Waals surface area contributed by atoms with Crippen LogP contribution >= 0.6 is 0 Å². The molecule has 1 aromatic rings. The van der Waals surface area contributed by atoms with Crippen LogP contribution in [0.15, 0.2) is 24.5 Å². The first-order valence-corrected chi connectivity index (χ1v) is 9.13. The molecule has 0 bridgehead atoms. The SMILES string of the molecule is CCCC(=O)N1CCC2(CC1)C[C@H](N(C)Cc1cccnc1)CO2. The Morgan fingerprint density at radius 2 is 2.25 bits per heavy atom. The third-order valence-electron chi connectivity index (χ3n) is 5.46. The van der Waals surface area contributed by atoms with E-state index in [0.717, 1.165) is 51.9 Å². The number of hydrogen-bond donors (Lipinski definition) is 0. The van der Waals surface area contributed by atoms with Crippen molar-refractivity contribution in [2.24, 2.45) is 0 Å². The lowest BCUT2D eigenvalue weighted by atomic mass is 9.87. The lowest BCUT2D eigenvalue weighted by molar-refractivity contribution is -0.136. The zero-order valence-electron chi connectivity index (χ0n) is 14.9. The highest BCUT2D eigenvalue weighted by molar-refractivity contribution is 5.76. The number of carbonyl (C=O) groups excluding carboxylic acids is 1. The summed E-state index contributed by atoms with van der Waals surface area (Å²) in [4.78, 5) is 20.6. The van der Waals surface area contributed by atoms with Crippen molar-refractivity contribution in [2.75, 3.05) is 26.7 Å². The van der Waals surface area contributed by atoms with Crippen molar-refractivity contribution in [3.05, 3.63) is 30.1 Å². The summed E-state index contributed by atoms with van der Waals surface area (Å²) < 4.78 is 6.25. The summed E-state index contributed by atoms with van der Waals surface area (Å²) in [5.74, 6) is 0.301. The number of aromatic nitrogens is 1. The first-order valence-electron chi connectivity index (χ1n) is 9.13. The Hall–Kier alpha value is -1.46. The molecule has 1 aromatic heterocycles. The van der Waals surface area contributed by atoms with E-state index in [0.29, 0.717) is 18.4 Å². The highest BCUT2D eigenvalue weighted by atomic mass is 16.5. The minimum atomic E-state index is -0.0170. The van der Waals surface area contributed by atoms with Gasteiger partial charge in [-0.3, -0.25) is 14.7 Å². The summed E-state index contributed by atoms with van der Waals surface area (Å²) >= 11 is 0. The fourth-order valence-corrected chi connectivity index (χ4v) is 3.90. The van der Waals surface area contributed by atoms with Crippen LogP contribution in [0, 0.1) is 0 Å². The molecule has 5 nitrogen and oxygen atoms in total. The summed E-state index contributed by atoms with van der Waals surface area (Å²) in [6.45, 7) is 5.45. The topological polar surface area (TPSA) is 45.7 Å². The fraction of sp³-hybridized carbons (Fsp3) is 0.684. The predicted octanol–water partition coefficient (Wildman–Crippen LogP) is 2.46. The molecule has 0 N–H and O–H groups in total. The van der Waals surface area contributed by atoms with Gasteiger partial charge in [-0.25, -0.2) is 0 Å². The maximum atomic E-state index is 12.0. The highest BCUT2D eigenvalue weighted by Gasteiger charge is 2.44. The molecule has 1 spiro atoms. The number of amides is 1. The van der Waals surface area contributed by atoms with E-state index in [4.69, 9.17) is 4.74 Å². The Bertz CT molecular complexity index is 541. The van der Waals surface area contributed by atoms with Crippen LogP contribution < -0.4 is 0 Å². The summed E-state index contributed by atoms with van der Waals surface area (Å²) in [7, 11) is 2.17. The van der Waals surface area contributed by atoms with Crippen LogP contribution in [0.4, 0.5) is 0 Å². The van der Waals surface area contributed by atoms with Gasteiger partial charge in [-0.2, -0.15) is 0 Å². The van der Waals surface area contributed by atoms with E-state index >= 15 is 0 Å². The molecule has 24 heavy (non-hydrogen) atoms. The number of piperidine rings is 1. The van der Waals surface area contributed by atoms with Gasteiger partial charge in [0, 0.05) is 44.5 Å². The van der Waals surface area contributed by atoms with Gasteiger partial charge in [-0.1, -0.05) is 13.0 Å². The lowest BCUT2D eigenvalue weighted by Gasteiger charge is -2.39. The Kier molecular flexibility index (Phi) is 5.51. The van der Waals surface area contributed by atoms with Crippen molar-refractivity contribution in [2.45, 2.75) is 57.2 Å². The van der Waals surface area contributed by atoms with Crippen LogP contribution in [0.2, 0.25) is 0 Å². The fourth-order valence-electron chi connectivity index (χ4n) is 3.90. The standard InChI is InChI=1S/C19H29N3O2/c1-3-5-18(23)22-10-7-19(8-11-22)12-17(15-24-19)21(2)14-16-6-4-9-20-13-16/h4,6,9,13,17H,3,5,7-8,10-12,14-15H2,1-2H3/t17-/m0/s1. The van der Waals surface area contributed by atoms with Crippen molar-refractivity contribution < 1.29 is 9.53 Å². The van der Waals surface area contributed by atoms with Gasteiger partial charge in [0.2, 0.25) is 5.91 Å². The Labute approximate surface area is 145 Å². The Morgan fingerprint density at radius 3 is 2.92 bits per heavy atom. The van der Waals surface area contributed by atoms with E-state index < -0.39 is 0 Å². The third kappa shape index (κ3) is 3.95. The molecule has 2 fully saturated rings. The molecule has 2 aliphatic rings. The molecule has 3 heterocycles. The average molecular weight is 331 g/mol. The number of nitrogens with zero attached hydrogens (tertiary/aromatic N) is 3. The number of rotatable bonds is 5. The summed E-state index contributed by atoms with van der Waals surface area (Å²) in [6.07, 6.45) is 8.35. The van der Waals surface area contributed by atoms with Crippen molar-refractivity contribution in [1.29, 1.82) is 0 Å². The smallest absolute Gasteiger partial charge is 0.222 e. The molecule has 3 rings (SSSR count). The maximum Gasteiger partial charge on any atom is 0.222 e. The second kappa shape index (κ2) is 7.62. The molecule has 132 valence electrons. The number of ether oxygens (including phenoxy) is 1. The van der Waals surface area contributed by atoms with Gasteiger partial charge in [0.1, 0.15) is 0 Å². The molecule has 0 aliphatic carbocycles. The Balaban J connectivity index is 1.51. The van der Waals surface area contributed by atoms with Crippen LogP contribution in [0.3, 0.4) is 0 Å². The summed E-state index contributed by atoms with van der Waals surface area (Å²) in [5, 5.41) is 0. The molecular formula is C19H29N3O2. The van der Waals surface area contributed by atoms with E-state index in [2.05, 4.69) is 29.9 Å². The van der Waals surface area contributed by atoms with Gasteiger partial charge in [0.05, 0.1) is 12.2 Å². The first-order chi connectivity index (χ1) is 11.6. The molecule has 0 aromatic carbocycles. The number of likely N-dealkylation sites (N-methyl/N-ethyl adjacent to an activating group) is 1. The number of pyridine rings is 1. The predicted molar refractivity (Wildman–Crippen MR) is 93.5 cm³/mol. The molecule has 1 amide bonds. The monoisotopic (exact) mass is 331 g/mol. The van der Waals surface area contributed by atoms with E-state index in [9.17, 15) is 4.79 Å². The van der Waals surface area contributed by atoms with Gasteiger partial charge in [-0.15, -0.1) is 0 Å². The van der Waals surface area contributed by atoms with Gasteiger partial charge in [0.15, 0.2) is 0 Å². The van der Waals surface area contributed by atoms with E-state index in [1.807, 2.05) is 23.4 Å². The van der Waals surface area contributed by atoms with Crippen LogP contribution in [0.5, 0.6) is 0 Å². The second-order valence-electron chi connectivity index (χ2n) is 7.26. The number of hydrogen-bond acceptors (Lipinski definition) is 4. The quantitative estimate of drug-likeness (QED) is 0.831. The van der Waals surface area contributed by atoms with Crippen LogP contribution in [-0.2, 0) is 16.1 Å². The van der Waals surface area contributed by atoms with Gasteiger partial charge in [0.25, 0.3) is 0 Å². The van der Waals surface area contributed by atoms with Crippen molar-refractivity contribution in [1.82, 2.24) is 14.8 Å². The zero-order valence-corrected chi connectivity index (χ0v) is 14.9. The third-order valence-corrected chi connectivity index (χ3v) is 5.46. The van der Waals surface area contributed by atoms with Crippen molar-refractivity contribution >= 4 is 5.91 Å². The van der Waals surface area contributed by atoms with Crippen LogP contribution in [-0.4, -0.2) is 59.1 Å². The second-order valence-corrected chi connectivity index (χ2v) is 7.26. The highest BCUT2D eigenvalue weighted by Crippen LogP contribution is 2.37. The molecule has 0 radical (unpaired) electrons. The van der Waals surface area contributed by atoms with Crippen molar-refractivity contribution in [3.8, 4) is 0 Å². The largest absolute Gasteiger partial charge is 0.373 e. The maximum absolute atomic E-state index is 12.0. The molecule has 1 atom stereocenters. The van der Waals surface area contributed by atoms with Gasteiger partial charge >= 0.3 is 0 Å². The first kappa shape index (κ1) is 17.4. The number of likely N-dealkylation sites (tertiary alicyclic amines) is 1. The van der Waals surface area contributed by atoms with E-state index in [1.165, 1.54) is 5.56 Å². The van der Waals surface area contributed by atoms with E-state index in [-0.39, 0.29) is 5.60 Å². The van der Waals surface area contributed by atoms with Gasteiger partial charge in [-0.05, 0) is 44.4 Å². The molecular weight excluding hydrogens is 302 g/mol. The van der Waals surface area contributed by atoms with Crippen LogP contribution in [0.25, 0.3) is 0 Å². The minimum absolute atomic E-state index is 0.0170. The summed E-state index contributed by atoms with van der Waals surface area (Å²) in [5.41, 5.74) is 1.22. The number of carbonyl (C=O) groups is 1. The molecule has 2 aliphatic heterocycles. The van der Waals surface area contributed by atoms with Crippen molar-refractivity contribution in [3.63, 3.8) is 0 Å². The molecule has 0 unspecified atom stereocenters. The summed E-state index contributed by atoms with van der Waals surface area (Å²) in [6, 6.07) is 4.55. The van der Waals surface area contributed by atoms with Crippen LogP contribution in [0.1, 0.15) is 44.6 Å². The minimum Gasteiger partial charge on any atom is -0.373 e.